The van der Waals surface area contributed by atoms with E-state index in [1.807, 2.05) is 30.3 Å². The maximum atomic E-state index is 13.4. The summed E-state index contributed by atoms with van der Waals surface area (Å²) in [6, 6.07) is 11.3. The first-order valence-corrected chi connectivity index (χ1v) is 8.81. The lowest BCUT2D eigenvalue weighted by molar-refractivity contribution is -0.117. The van der Waals surface area contributed by atoms with Gasteiger partial charge in [-0.05, 0) is 37.0 Å². The standard InChI is InChI=1S/C20H18Cl2O3/c1-12(23)8-9-20(14-6-4-3-5-7-14)11-13-10-15(25-2)17(21)18(22)16(13)19(20)24/h3-7,10H,8-9,11H2,1-2H3/t20-/m0/s1. The first-order valence-electron chi connectivity index (χ1n) is 8.05. The van der Waals surface area contributed by atoms with Gasteiger partial charge in [-0.3, -0.25) is 4.79 Å². The number of hydrogen-bond donors (Lipinski definition) is 0. The molecule has 130 valence electrons. The molecule has 0 aliphatic heterocycles. The van der Waals surface area contributed by atoms with Gasteiger partial charge in [0.25, 0.3) is 0 Å². The highest BCUT2D eigenvalue weighted by molar-refractivity contribution is 6.45. The molecule has 0 aromatic heterocycles. The monoisotopic (exact) mass is 376 g/mol. The minimum atomic E-state index is -0.797. The SMILES string of the molecule is COc1cc2c(c(Cl)c1Cl)C(=O)[C@](CCC(C)=O)(c1ccccc1)C2. The maximum absolute atomic E-state index is 13.4. The van der Waals surface area contributed by atoms with Crippen molar-refractivity contribution in [2.45, 2.75) is 31.6 Å². The van der Waals surface area contributed by atoms with Gasteiger partial charge in [0.2, 0.25) is 0 Å². The Hall–Kier alpha value is -1.84. The Bertz CT molecular complexity index is 846. The van der Waals surface area contributed by atoms with Gasteiger partial charge in [0.15, 0.2) is 5.78 Å². The van der Waals surface area contributed by atoms with Gasteiger partial charge in [0.1, 0.15) is 16.6 Å². The molecule has 0 unspecified atom stereocenters. The predicted octanol–water partition coefficient (Wildman–Crippen LogP) is 5.05. The van der Waals surface area contributed by atoms with Crippen LogP contribution in [-0.4, -0.2) is 18.7 Å². The fraction of sp³-hybridized carbons (Fsp3) is 0.300. The van der Waals surface area contributed by atoms with Crippen molar-refractivity contribution in [2.75, 3.05) is 7.11 Å². The number of carbonyl (C=O) groups is 2. The first kappa shape index (κ1) is 18.0. The van der Waals surface area contributed by atoms with Gasteiger partial charge in [-0.15, -0.1) is 0 Å². The predicted molar refractivity (Wildman–Crippen MR) is 99.1 cm³/mol. The van der Waals surface area contributed by atoms with Crippen LogP contribution in [-0.2, 0) is 16.6 Å². The second kappa shape index (κ2) is 6.81. The minimum absolute atomic E-state index is 0.0563. The average molecular weight is 377 g/mol. The number of ether oxygens (including phenoxy) is 1. The van der Waals surface area contributed by atoms with Crippen molar-refractivity contribution < 1.29 is 14.3 Å². The number of hydrogen-bond acceptors (Lipinski definition) is 3. The molecule has 1 aliphatic carbocycles. The smallest absolute Gasteiger partial charge is 0.175 e. The number of methoxy groups -OCH3 is 1. The number of ketones is 2. The lowest BCUT2D eigenvalue weighted by atomic mass is 9.73. The van der Waals surface area contributed by atoms with Gasteiger partial charge in [0, 0.05) is 12.0 Å². The number of carbonyl (C=O) groups excluding carboxylic acids is 2. The quantitative estimate of drug-likeness (QED) is 0.733. The lowest BCUT2D eigenvalue weighted by Crippen LogP contribution is -2.34. The number of halogens is 2. The van der Waals surface area contributed by atoms with Crippen LogP contribution in [0.4, 0.5) is 0 Å². The van der Waals surface area contributed by atoms with E-state index in [1.165, 1.54) is 14.0 Å². The van der Waals surface area contributed by atoms with Crippen LogP contribution in [0.3, 0.4) is 0 Å². The summed E-state index contributed by atoms with van der Waals surface area (Å²) in [5, 5.41) is 0.466. The number of Topliss-reactive ketones (excluding diaryl/α,β-unsaturated/α-hetero) is 2. The van der Waals surface area contributed by atoms with Crippen LogP contribution < -0.4 is 4.74 Å². The van der Waals surface area contributed by atoms with E-state index in [9.17, 15) is 9.59 Å². The summed E-state index contributed by atoms with van der Waals surface area (Å²) in [4.78, 5) is 25.0. The van der Waals surface area contributed by atoms with E-state index in [1.54, 1.807) is 6.07 Å². The molecule has 3 rings (SSSR count). The number of fused-ring (bicyclic) bond motifs is 1. The van der Waals surface area contributed by atoms with Gasteiger partial charge in [-0.1, -0.05) is 53.5 Å². The molecule has 2 aromatic carbocycles. The summed E-state index contributed by atoms with van der Waals surface area (Å²) in [7, 11) is 1.51. The van der Waals surface area contributed by atoms with Crippen LogP contribution in [0.15, 0.2) is 36.4 Å². The van der Waals surface area contributed by atoms with Crippen molar-refractivity contribution in [3.8, 4) is 5.75 Å². The molecule has 0 saturated carbocycles. The highest BCUT2D eigenvalue weighted by Gasteiger charge is 2.48. The summed E-state index contributed by atoms with van der Waals surface area (Å²) >= 11 is 12.6. The minimum Gasteiger partial charge on any atom is -0.495 e. The molecule has 0 saturated heterocycles. The summed E-state index contributed by atoms with van der Waals surface area (Å²) in [5.74, 6) is 0.430. The molecule has 25 heavy (non-hydrogen) atoms. The molecular weight excluding hydrogens is 359 g/mol. The molecule has 5 heteroatoms. The van der Waals surface area contributed by atoms with Crippen LogP contribution in [0.2, 0.25) is 10.0 Å². The Balaban J connectivity index is 2.16. The Labute approximate surface area is 156 Å². The van der Waals surface area contributed by atoms with Crippen LogP contribution in [0.1, 0.15) is 41.3 Å². The largest absolute Gasteiger partial charge is 0.495 e. The molecule has 0 N–H and O–H groups in total. The normalized spacial score (nSPS) is 19.0. The third-order valence-electron chi connectivity index (χ3n) is 4.86. The van der Waals surface area contributed by atoms with Gasteiger partial charge in [0.05, 0.1) is 17.5 Å². The highest BCUT2D eigenvalue weighted by atomic mass is 35.5. The van der Waals surface area contributed by atoms with E-state index >= 15 is 0 Å². The lowest BCUT2D eigenvalue weighted by Gasteiger charge is -2.28. The summed E-state index contributed by atoms with van der Waals surface area (Å²) in [6.07, 6.45) is 1.25. The summed E-state index contributed by atoms with van der Waals surface area (Å²) in [6.45, 7) is 1.54. The van der Waals surface area contributed by atoms with Gasteiger partial charge in [-0.25, -0.2) is 0 Å². The van der Waals surface area contributed by atoms with Crippen LogP contribution in [0.25, 0.3) is 0 Å². The van der Waals surface area contributed by atoms with Crippen molar-refractivity contribution in [3.63, 3.8) is 0 Å². The zero-order valence-corrected chi connectivity index (χ0v) is 15.6. The molecule has 3 nitrogen and oxygen atoms in total. The Kier molecular flexibility index (Phi) is 4.90. The van der Waals surface area contributed by atoms with Crippen molar-refractivity contribution in [1.82, 2.24) is 0 Å². The summed E-state index contributed by atoms with van der Waals surface area (Å²) in [5.41, 5.74) is 1.35. The molecular formula is C20H18Cl2O3. The molecule has 2 aromatic rings. The van der Waals surface area contributed by atoms with Gasteiger partial charge >= 0.3 is 0 Å². The van der Waals surface area contributed by atoms with Crippen molar-refractivity contribution in [1.29, 1.82) is 0 Å². The van der Waals surface area contributed by atoms with E-state index in [0.29, 0.717) is 30.6 Å². The number of rotatable bonds is 5. The molecule has 0 fully saturated rings. The fourth-order valence-corrected chi connectivity index (χ4v) is 4.08. The Morgan fingerprint density at radius 2 is 1.88 bits per heavy atom. The molecule has 0 bridgehead atoms. The Morgan fingerprint density at radius 3 is 2.48 bits per heavy atom. The van der Waals surface area contributed by atoms with Gasteiger partial charge < -0.3 is 9.53 Å². The zero-order chi connectivity index (χ0) is 18.2. The second-order valence-electron chi connectivity index (χ2n) is 6.40. The average Bonchev–Trinajstić information content (AvgIpc) is 2.90. The second-order valence-corrected chi connectivity index (χ2v) is 7.15. The van der Waals surface area contributed by atoms with Crippen LogP contribution in [0, 0.1) is 0 Å². The zero-order valence-electron chi connectivity index (χ0n) is 14.1. The molecule has 0 amide bonds. The maximum Gasteiger partial charge on any atom is 0.175 e. The summed E-state index contributed by atoms with van der Waals surface area (Å²) < 4.78 is 5.28. The molecule has 0 radical (unpaired) electrons. The Morgan fingerprint density at radius 1 is 1.20 bits per heavy atom. The third kappa shape index (κ3) is 2.96. The van der Waals surface area contributed by atoms with Crippen molar-refractivity contribution >= 4 is 34.8 Å². The molecule has 0 heterocycles. The van der Waals surface area contributed by atoms with Crippen molar-refractivity contribution in [3.05, 3.63) is 63.1 Å². The first-order chi connectivity index (χ1) is 11.9. The van der Waals surface area contributed by atoms with E-state index in [2.05, 4.69) is 0 Å². The topological polar surface area (TPSA) is 43.4 Å². The van der Waals surface area contributed by atoms with E-state index < -0.39 is 5.41 Å². The molecule has 1 atom stereocenters. The van der Waals surface area contributed by atoms with Gasteiger partial charge in [-0.2, -0.15) is 0 Å². The van der Waals surface area contributed by atoms with E-state index in [0.717, 1.165) is 11.1 Å². The highest BCUT2D eigenvalue weighted by Crippen LogP contribution is 2.49. The van der Waals surface area contributed by atoms with Crippen molar-refractivity contribution in [2.24, 2.45) is 0 Å². The third-order valence-corrected chi connectivity index (χ3v) is 5.71. The van der Waals surface area contributed by atoms with Crippen LogP contribution >= 0.6 is 23.2 Å². The van der Waals surface area contributed by atoms with E-state index in [-0.39, 0.29) is 21.6 Å². The fourth-order valence-electron chi connectivity index (χ4n) is 3.56. The van der Waals surface area contributed by atoms with Crippen LogP contribution in [0.5, 0.6) is 5.75 Å². The molecule has 1 aliphatic rings. The number of benzene rings is 2. The molecule has 0 spiro atoms. The van der Waals surface area contributed by atoms with E-state index in [4.69, 9.17) is 27.9 Å².